The summed E-state index contributed by atoms with van der Waals surface area (Å²) in [5.41, 5.74) is 5.16. The normalized spacial score (nSPS) is 10.5. The fourth-order valence-corrected chi connectivity index (χ4v) is 3.59. The molecule has 3 aromatic carbocycles. The van der Waals surface area contributed by atoms with Crippen molar-refractivity contribution in [3.63, 3.8) is 0 Å². The predicted octanol–water partition coefficient (Wildman–Crippen LogP) is 5.29. The Morgan fingerprint density at radius 2 is 1.03 bits per heavy atom. The summed E-state index contributed by atoms with van der Waals surface area (Å²) >= 11 is 0. The van der Waals surface area contributed by atoms with Crippen LogP contribution in [0, 0.1) is 0 Å². The second kappa shape index (κ2) is 10.6. The molecule has 0 fully saturated rings. The molecule has 0 aliphatic carbocycles. The summed E-state index contributed by atoms with van der Waals surface area (Å²) in [5.74, 6) is 2.91. The van der Waals surface area contributed by atoms with E-state index in [0.29, 0.717) is 17.2 Å². The smallest absolute Gasteiger partial charge is 0.203 e. The number of rotatable bonds is 10. The van der Waals surface area contributed by atoms with Gasteiger partial charge >= 0.3 is 0 Å². The molecule has 0 bridgehead atoms. The Balaban J connectivity index is 1.63. The molecule has 0 atom stereocenters. The van der Waals surface area contributed by atoms with Gasteiger partial charge in [0, 0.05) is 0 Å². The number of hydrogen-bond donors (Lipinski definition) is 0. The largest absolute Gasteiger partial charge is 0.497 e. The fraction of sp³-hybridized carbons (Fsp3) is 0.308. The van der Waals surface area contributed by atoms with Crippen molar-refractivity contribution in [2.75, 3.05) is 28.4 Å². The Morgan fingerprint density at radius 3 is 1.53 bits per heavy atom. The lowest BCUT2D eigenvalue weighted by Gasteiger charge is -2.14. The van der Waals surface area contributed by atoms with Gasteiger partial charge in [0.05, 0.1) is 28.4 Å². The van der Waals surface area contributed by atoms with E-state index in [4.69, 9.17) is 18.9 Å². The summed E-state index contributed by atoms with van der Waals surface area (Å²) in [5, 5.41) is 0. The van der Waals surface area contributed by atoms with Gasteiger partial charge in [0.2, 0.25) is 5.75 Å². The first-order valence-electron chi connectivity index (χ1n) is 10.2. The summed E-state index contributed by atoms with van der Waals surface area (Å²) in [4.78, 5) is 0. The van der Waals surface area contributed by atoms with Gasteiger partial charge in [0.1, 0.15) is 5.75 Å². The minimum atomic E-state index is 0.629. The van der Waals surface area contributed by atoms with E-state index in [0.717, 1.165) is 37.0 Å². The van der Waals surface area contributed by atoms with Gasteiger partial charge in [-0.3, -0.25) is 0 Å². The van der Waals surface area contributed by atoms with Crippen molar-refractivity contribution >= 4 is 0 Å². The summed E-state index contributed by atoms with van der Waals surface area (Å²) in [6.07, 6.45) is 3.89. The van der Waals surface area contributed by atoms with Crippen LogP contribution in [0.3, 0.4) is 0 Å². The minimum Gasteiger partial charge on any atom is -0.497 e. The highest BCUT2D eigenvalue weighted by molar-refractivity contribution is 5.54. The van der Waals surface area contributed by atoms with Gasteiger partial charge in [0.25, 0.3) is 0 Å². The number of benzene rings is 3. The van der Waals surface area contributed by atoms with Crippen LogP contribution in [0.4, 0.5) is 0 Å². The standard InChI is InChI=1S/C26H30O4/c1-27-23-14-12-19(13-15-23)8-9-20-6-5-7-21(16-20)10-11-22-17-24(28-2)26(30-4)25(18-22)29-3/h5-7,12-18H,8-11H2,1-4H3. The highest BCUT2D eigenvalue weighted by Crippen LogP contribution is 2.38. The van der Waals surface area contributed by atoms with E-state index in [2.05, 4.69) is 36.4 Å². The van der Waals surface area contributed by atoms with Gasteiger partial charge in [-0.25, -0.2) is 0 Å². The molecule has 0 spiro atoms. The quantitative estimate of drug-likeness (QED) is 0.458. The Hall–Kier alpha value is -3.14. The number of methoxy groups -OCH3 is 4. The maximum absolute atomic E-state index is 5.47. The van der Waals surface area contributed by atoms with E-state index in [-0.39, 0.29) is 0 Å². The maximum Gasteiger partial charge on any atom is 0.203 e. The monoisotopic (exact) mass is 406 g/mol. The second-order valence-electron chi connectivity index (χ2n) is 7.20. The van der Waals surface area contributed by atoms with Gasteiger partial charge in [-0.05, 0) is 72.2 Å². The Kier molecular flexibility index (Phi) is 7.61. The van der Waals surface area contributed by atoms with Gasteiger partial charge in [-0.1, -0.05) is 36.4 Å². The Bertz CT molecular complexity index is 922. The van der Waals surface area contributed by atoms with E-state index >= 15 is 0 Å². The Morgan fingerprint density at radius 1 is 0.500 bits per heavy atom. The van der Waals surface area contributed by atoms with E-state index in [1.165, 1.54) is 16.7 Å². The predicted molar refractivity (Wildman–Crippen MR) is 120 cm³/mol. The zero-order valence-electron chi connectivity index (χ0n) is 18.2. The van der Waals surface area contributed by atoms with Crippen LogP contribution in [0.15, 0.2) is 60.7 Å². The molecule has 0 saturated heterocycles. The topological polar surface area (TPSA) is 36.9 Å². The third-order valence-electron chi connectivity index (χ3n) is 5.28. The molecule has 4 nitrogen and oxygen atoms in total. The van der Waals surface area contributed by atoms with E-state index in [9.17, 15) is 0 Å². The van der Waals surface area contributed by atoms with Gasteiger partial charge in [0.15, 0.2) is 11.5 Å². The molecule has 158 valence electrons. The van der Waals surface area contributed by atoms with Crippen molar-refractivity contribution in [2.45, 2.75) is 25.7 Å². The first kappa shape index (κ1) is 21.6. The van der Waals surface area contributed by atoms with Crippen LogP contribution < -0.4 is 18.9 Å². The molecule has 0 aliphatic heterocycles. The van der Waals surface area contributed by atoms with Crippen LogP contribution in [-0.2, 0) is 25.7 Å². The van der Waals surface area contributed by atoms with Crippen LogP contribution in [0.5, 0.6) is 23.0 Å². The van der Waals surface area contributed by atoms with Crippen molar-refractivity contribution in [3.8, 4) is 23.0 Å². The lowest BCUT2D eigenvalue weighted by atomic mass is 9.99. The molecular formula is C26H30O4. The third kappa shape index (κ3) is 5.47. The van der Waals surface area contributed by atoms with Crippen molar-refractivity contribution in [1.29, 1.82) is 0 Å². The number of ether oxygens (including phenoxy) is 4. The molecule has 30 heavy (non-hydrogen) atoms. The van der Waals surface area contributed by atoms with Crippen molar-refractivity contribution in [2.24, 2.45) is 0 Å². The van der Waals surface area contributed by atoms with Crippen LogP contribution in [0.1, 0.15) is 22.3 Å². The zero-order valence-corrected chi connectivity index (χ0v) is 18.2. The fourth-order valence-electron chi connectivity index (χ4n) is 3.59. The van der Waals surface area contributed by atoms with Crippen LogP contribution in [0.25, 0.3) is 0 Å². The zero-order chi connectivity index (χ0) is 21.3. The first-order chi connectivity index (χ1) is 14.7. The van der Waals surface area contributed by atoms with Crippen molar-refractivity contribution in [1.82, 2.24) is 0 Å². The van der Waals surface area contributed by atoms with E-state index in [1.807, 2.05) is 24.3 Å². The third-order valence-corrected chi connectivity index (χ3v) is 5.28. The summed E-state index contributed by atoms with van der Waals surface area (Å²) in [7, 11) is 6.61. The highest BCUT2D eigenvalue weighted by atomic mass is 16.5. The first-order valence-corrected chi connectivity index (χ1v) is 10.2. The molecule has 0 heterocycles. The molecule has 0 aliphatic rings. The highest BCUT2D eigenvalue weighted by Gasteiger charge is 2.13. The van der Waals surface area contributed by atoms with Crippen LogP contribution >= 0.6 is 0 Å². The van der Waals surface area contributed by atoms with Gasteiger partial charge < -0.3 is 18.9 Å². The molecule has 0 aromatic heterocycles. The SMILES string of the molecule is COc1ccc(CCc2cccc(CCc3cc(OC)c(OC)c(OC)c3)c2)cc1. The van der Waals surface area contributed by atoms with E-state index < -0.39 is 0 Å². The van der Waals surface area contributed by atoms with Crippen LogP contribution in [-0.4, -0.2) is 28.4 Å². The average Bonchev–Trinajstić information content (AvgIpc) is 2.81. The van der Waals surface area contributed by atoms with Gasteiger partial charge in [-0.15, -0.1) is 0 Å². The molecule has 0 unspecified atom stereocenters. The molecule has 4 heteroatoms. The summed E-state index contributed by atoms with van der Waals surface area (Å²) in [6.45, 7) is 0. The average molecular weight is 407 g/mol. The van der Waals surface area contributed by atoms with Crippen molar-refractivity contribution < 1.29 is 18.9 Å². The molecule has 0 saturated carbocycles. The summed E-state index contributed by atoms with van der Waals surface area (Å²) in [6, 6.07) is 21.2. The molecule has 3 aromatic rings. The second-order valence-corrected chi connectivity index (χ2v) is 7.20. The minimum absolute atomic E-state index is 0.629. The Labute approximate surface area is 179 Å². The van der Waals surface area contributed by atoms with Crippen molar-refractivity contribution in [3.05, 3.63) is 82.9 Å². The lowest BCUT2D eigenvalue weighted by Crippen LogP contribution is -1.99. The number of aryl methyl sites for hydroxylation is 4. The molecular weight excluding hydrogens is 376 g/mol. The molecule has 0 radical (unpaired) electrons. The molecule has 0 N–H and O–H groups in total. The molecule has 3 rings (SSSR count). The van der Waals surface area contributed by atoms with Gasteiger partial charge in [-0.2, -0.15) is 0 Å². The summed E-state index contributed by atoms with van der Waals surface area (Å²) < 4.78 is 21.6. The number of hydrogen-bond acceptors (Lipinski definition) is 4. The van der Waals surface area contributed by atoms with E-state index in [1.54, 1.807) is 28.4 Å². The molecule has 0 amide bonds. The lowest BCUT2D eigenvalue weighted by molar-refractivity contribution is 0.324. The maximum atomic E-state index is 5.47. The van der Waals surface area contributed by atoms with Crippen LogP contribution in [0.2, 0.25) is 0 Å².